The Morgan fingerprint density at radius 2 is 1.42 bits per heavy atom. The highest BCUT2D eigenvalue weighted by Gasteiger charge is 2.73. The maximum Gasteiger partial charge on any atom is 0.376 e. The minimum Gasteiger partial charge on any atom is -0.200 e. The van der Waals surface area contributed by atoms with Crippen molar-refractivity contribution >= 4 is 13.2 Å². The average Bonchev–Trinajstić information content (AvgIpc) is 2.78. The summed E-state index contributed by atoms with van der Waals surface area (Å²) < 4.78 is 89.5. The lowest BCUT2D eigenvalue weighted by Gasteiger charge is -2.38. The van der Waals surface area contributed by atoms with Crippen LogP contribution in [0.3, 0.4) is 0 Å². The van der Waals surface area contributed by atoms with E-state index in [0.717, 1.165) is 32.1 Å². The Bertz CT molecular complexity index is 649. The van der Waals surface area contributed by atoms with Crippen LogP contribution in [0.4, 0.5) is 26.3 Å². The SMILES string of the molecule is CCCCCCC(F)(F)C(F)(F)C(F)(F)P(CC(C)CCC(CC)CCC)c1ccccc1. The van der Waals surface area contributed by atoms with Gasteiger partial charge >= 0.3 is 17.5 Å². The van der Waals surface area contributed by atoms with Gasteiger partial charge in [-0.2, -0.15) is 26.3 Å². The third kappa shape index (κ3) is 8.44. The fourth-order valence-electron chi connectivity index (χ4n) is 4.19. The lowest BCUT2D eigenvalue weighted by molar-refractivity contribution is -0.280. The number of benzene rings is 1. The van der Waals surface area contributed by atoms with Crippen LogP contribution in [0.15, 0.2) is 30.3 Å². The van der Waals surface area contributed by atoms with Gasteiger partial charge in [-0.25, -0.2) is 0 Å². The van der Waals surface area contributed by atoms with Gasteiger partial charge in [0.05, 0.1) is 0 Å². The summed E-state index contributed by atoms with van der Waals surface area (Å²) in [5.74, 6) is -9.95. The second-order valence-corrected chi connectivity index (χ2v) is 11.6. The molecule has 0 radical (unpaired) electrons. The highest BCUT2D eigenvalue weighted by Crippen LogP contribution is 2.63. The first kappa shape index (κ1) is 30.3. The first-order chi connectivity index (χ1) is 15.4. The fraction of sp³-hybridized carbons (Fsp3) is 0.769. The van der Waals surface area contributed by atoms with Crippen molar-refractivity contribution in [1.82, 2.24) is 0 Å². The Morgan fingerprint density at radius 1 is 0.788 bits per heavy atom. The highest BCUT2D eigenvalue weighted by atomic mass is 31.1. The lowest BCUT2D eigenvalue weighted by Crippen LogP contribution is -2.54. The van der Waals surface area contributed by atoms with Crippen LogP contribution >= 0.6 is 7.92 Å². The van der Waals surface area contributed by atoms with E-state index in [2.05, 4.69) is 13.8 Å². The molecule has 0 nitrogen and oxygen atoms in total. The van der Waals surface area contributed by atoms with Crippen molar-refractivity contribution in [3.8, 4) is 0 Å². The molecule has 0 heterocycles. The van der Waals surface area contributed by atoms with Crippen LogP contribution in [0.1, 0.15) is 91.9 Å². The monoisotopic (exact) mass is 498 g/mol. The molecular formula is C26H41F6P. The van der Waals surface area contributed by atoms with Crippen LogP contribution < -0.4 is 5.30 Å². The minimum absolute atomic E-state index is 0.0476. The molecule has 7 heteroatoms. The van der Waals surface area contributed by atoms with Crippen LogP contribution in [0.5, 0.6) is 0 Å². The van der Waals surface area contributed by atoms with E-state index < -0.39 is 31.9 Å². The van der Waals surface area contributed by atoms with E-state index >= 15 is 8.78 Å². The molecule has 3 atom stereocenters. The molecule has 0 aliphatic rings. The molecule has 0 spiro atoms. The number of unbranched alkanes of at least 4 members (excludes halogenated alkanes) is 3. The smallest absolute Gasteiger partial charge is 0.200 e. The lowest BCUT2D eigenvalue weighted by atomic mass is 9.92. The second kappa shape index (κ2) is 14.0. The molecular weight excluding hydrogens is 457 g/mol. The van der Waals surface area contributed by atoms with Crippen molar-refractivity contribution in [3.05, 3.63) is 30.3 Å². The summed E-state index contributed by atoms with van der Waals surface area (Å²) >= 11 is 0. The van der Waals surface area contributed by atoms with Crippen LogP contribution in [0.2, 0.25) is 0 Å². The fourth-order valence-corrected chi connectivity index (χ4v) is 6.80. The minimum atomic E-state index is -5.40. The van der Waals surface area contributed by atoms with Gasteiger partial charge in [0.15, 0.2) is 0 Å². The maximum atomic E-state index is 15.4. The van der Waals surface area contributed by atoms with E-state index in [1.807, 2.05) is 6.92 Å². The van der Waals surface area contributed by atoms with Crippen LogP contribution in [0.25, 0.3) is 0 Å². The van der Waals surface area contributed by atoms with Gasteiger partial charge in [-0.05, 0) is 29.7 Å². The van der Waals surface area contributed by atoms with E-state index in [0.29, 0.717) is 25.2 Å². The quantitative estimate of drug-likeness (QED) is 0.114. The Kier molecular flexibility index (Phi) is 12.8. The molecule has 3 unspecified atom stereocenters. The van der Waals surface area contributed by atoms with Gasteiger partial charge in [-0.3, -0.25) is 0 Å². The molecule has 0 bridgehead atoms. The first-order valence-electron chi connectivity index (χ1n) is 12.4. The Balaban J connectivity index is 3.11. The van der Waals surface area contributed by atoms with Crippen LogP contribution in [-0.4, -0.2) is 23.7 Å². The van der Waals surface area contributed by atoms with Gasteiger partial charge < -0.3 is 0 Å². The van der Waals surface area contributed by atoms with Gasteiger partial charge in [0.2, 0.25) is 0 Å². The van der Waals surface area contributed by atoms with Gasteiger partial charge in [0, 0.05) is 14.3 Å². The largest absolute Gasteiger partial charge is 0.376 e. The van der Waals surface area contributed by atoms with E-state index in [1.54, 1.807) is 13.0 Å². The molecule has 0 N–H and O–H groups in total. The van der Waals surface area contributed by atoms with Crippen molar-refractivity contribution in [3.63, 3.8) is 0 Å². The van der Waals surface area contributed by atoms with Crippen molar-refractivity contribution < 1.29 is 26.3 Å². The van der Waals surface area contributed by atoms with Gasteiger partial charge in [-0.15, -0.1) is 0 Å². The summed E-state index contributed by atoms with van der Waals surface area (Å²) in [6.45, 7) is 7.80. The Labute approximate surface area is 197 Å². The molecule has 1 aromatic rings. The molecule has 1 aromatic carbocycles. The zero-order valence-corrected chi connectivity index (χ0v) is 21.4. The molecule has 33 heavy (non-hydrogen) atoms. The second-order valence-electron chi connectivity index (χ2n) is 9.32. The Morgan fingerprint density at radius 3 is 1.97 bits per heavy atom. The Hall–Kier alpha value is -0.770. The van der Waals surface area contributed by atoms with Crippen molar-refractivity contribution in [2.45, 2.75) is 109 Å². The van der Waals surface area contributed by atoms with Gasteiger partial charge in [-0.1, -0.05) is 109 Å². The molecule has 0 fully saturated rings. The topological polar surface area (TPSA) is 0 Å². The number of halogens is 6. The standard InChI is InChI=1S/C26H41F6P/c1-5-8-9-13-19-24(27,28)25(29,30)26(31,32)33(23-15-11-10-12-16-23)20-21(4)17-18-22(7-3)14-6-2/h10-12,15-16,21-22H,5-9,13-14,17-20H2,1-4H3. The number of hydrogen-bond donors (Lipinski definition) is 0. The van der Waals surface area contributed by atoms with E-state index in [-0.39, 0.29) is 23.8 Å². The number of hydrogen-bond acceptors (Lipinski definition) is 0. The van der Waals surface area contributed by atoms with Crippen LogP contribution in [-0.2, 0) is 0 Å². The highest BCUT2D eigenvalue weighted by molar-refractivity contribution is 7.66. The molecule has 0 amide bonds. The van der Waals surface area contributed by atoms with E-state index in [4.69, 9.17) is 0 Å². The van der Waals surface area contributed by atoms with Crippen LogP contribution in [0, 0.1) is 11.8 Å². The molecule has 0 saturated heterocycles. The van der Waals surface area contributed by atoms with E-state index in [1.165, 1.54) is 24.3 Å². The molecule has 1 rings (SSSR count). The molecule has 0 aliphatic heterocycles. The van der Waals surface area contributed by atoms with Gasteiger partial charge in [0.1, 0.15) is 0 Å². The normalized spacial score (nSPS) is 15.9. The first-order valence-corrected chi connectivity index (χ1v) is 13.9. The molecule has 0 saturated carbocycles. The third-order valence-electron chi connectivity index (χ3n) is 6.42. The zero-order valence-electron chi connectivity index (χ0n) is 20.5. The van der Waals surface area contributed by atoms with Crippen molar-refractivity contribution in [2.24, 2.45) is 11.8 Å². The average molecular weight is 499 g/mol. The third-order valence-corrected chi connectivity index (χ3v) is 9.29. The maximum absolute atomic E-state index is 15.4. The predicted octanol–water partition coefficient (Wildman–Crippen LogP) is 9.87. The zero-order chi connectivity index (χ0) is 25.1. The molecule has 0 aliphatic carbocycles. The summed E-state index contributed by atoms with van der Waals surface area (Å²) in [5, 5.41) is 0.0476. The number of rotatable bonds is 17. The van der Waals surface area contributed by atoms with Crippen molar-refractivity contribution in [1.29, 1.82) is 0 Å². The van der Waals surface area contributed by atoms with Gasteiger partial charge in [0.25, 0.3) is 0 Å². The summed E-state index contributed by atoms with van der Waals surface area (Å²) in [6, 6.07) is 7.35. The van der Waals surface area contributed by atoms with Crippen molar-refractivity contribution in [2.75, 3.05) is 6.16 Å². The van der Waals surface area contributed by atoms with E-state index in [9.17, 15) is 17.6 Å². The summed E-state index contributed by atoms with van der Waals surface area (Å²) in [5.41, 5.74) is -4.81. The predicted molar refractivity (Wildman–Crippen MR) is 129 cm³/mol. The summed E-state index contributed by atoms with van der Waals surface area (Å²) in [6.07, 6.45) is 4.57. The summed E-state index contributed by atoms with van der Waals surface area (Å²) in [7, 11) is -2.82. The molecule has 0 aromatic heterocycles. The summed E-state index contributed by atoms with van der Waals surface area (Å²) in [4.78, 5) is 0. The number of alkyl halides is 6. The molecule has 192 valence electrons.